The fourth-order valence-corrected chi connectivity index (χ4v) is 1.37. The number of amides is 1. The summed E-state index contributed by atoms with van der Waals surface area (Å²) in [5.74, 6) is -1.47. The van der Waals surface area contributed by atoms with E-state index in [0.717, 1.165) is 4.90 Å². The minimum Gasteiger partial charge on any atom is -0.480 e. The topological polar surface area (TPSA) is 70.8 Å². The third kappa shape index (κ3) is 2.11. The Balaban J connectivity index is 3.00. The normalized spacial score (nSPS) is 11.2. The average molecular weight is 290 g/mol. The van der Waals surface area contributed by atoms with Crippen LogP contribution in [0.15, 0.2) is 21.2 Å². The Morgan fingerprint density at radius 2 is 2.06 bits per heavy atom. The molecule has 0 aliphatic carbocycles. The van der Waals surface area contributed by atoms with Crippen LogP contribution in [0.3, 0.4) is 0 Å². The lowest BCUT2D eigenvalue weighted by Gasteiger charge is -2.30. The smallest absolute Gasteiger partial charge is 0.329 e. The fourth-order valence-electron chi connectivity index (χ4n) is 0.996. The first-order chi connectivity index (χ1) is 7.28. The molecule has 1 aromatic rings. The van der Waals surface area contributed by atoms with Crippen molar-refractivity contribution in [3.8, 4) is 0 Å². The maximum atomic E-state index is 11.9. The third-order valence-electron chi connectivity index (χ3n) is 2.48. The first-order valence-electron chi connectivity index (χ1n) is 4.53. The first-order valence-corrected chi connectivity index (χ1v) is 5.32. The van der Waals surface area contributed by atoms with Gasteiger partial charge in [0, 0.05) is 7.05 Å². The Kier molecular flexibility index (Phi) is 3.42. The number of hydrogen-bond acceptors (Lipinski definition) is 3. The molecule has 88 valence electrons. The second-order valence-corrected chi connectivity index (χ2v) is 4.68. The van der Waals surface area contributed by atoms with Gasteiger partial charge in [0.15, 0.2) is 0 Å². The molecule has 0 aromatic carbocycles. The Bertz CT molecular complexity index is 424. The van der Waals surface area contributed by atoms with Crippen LogP contribution >= 0.6 is 15.9 Å². The molecule has 0 saturated heterocycles. The van der Waals surface area contributed by atoms with Gasteiger partial charge in [-0.1, -0.05) is 0 Å². The van der Waals surface area contributed by atoms with Crippen LogP contribution < -0.4 is 0 Å². The minimum atomic E-state index is -1.29. The molecular weight excluding hydrogens is 278 g/mol. The van der Waals surface area contributed by atoms with E-state index in [1.54, 1.807) is 6.07 Å². The molecule has 0 radical (unpaired) electrons. The summed E-state index contributed by atoms with van der Waals surface area (Å²) in [6.45, 7) is 2.90. The predicted molar refractivity (Wildman–Crippen MR) is 60.2 cm³/mol. The van der Waals surface area contributed by atoms with Crippen LogP contribution in [0, 0.1) is 0 Å². The van der Waals surface area contributed by atoms with Gasteiger partial charge in [-0.2, -0.15) is 0 Å². The number of carbonyl (C=O) groups excluding carboxylic acids is 1. The molecular formula is C10H12BrNO4. The number of carboxylic acids is 1. The van der Waals surface area contributed by atoms with Crippen LogP contribution in [0.5, 0.6) is 0 Å². The molecule has 0 bridgehead atoms. The van der Waals surface area contributed by atoms with Crippen molar-refractivity contribution in [3.63, 3.8) is 0 Å². The maximum absolute atomic E-state index is 11.9. The Morgan fingerprint density at radius 1 is 1.50 bits per heavy atom. The van der Waals surface area contributed by atoms with Crippen molar-refractivity contribution >= 4 is 27.8 Å². The van der Waals surface area contributed by atoms with Gasteiger partial charge in [-0.3, -0.25) is 4.79 Å². The van der Waals surface area contributed by atoms with Gasteiger partial charge in [-0.05, 0) is 35.8 Å². The second kappa shape index (κ2) is 4.29. The van der Waals surface area contributed by atoms with Gasteiger partial charge in [0.1, 0.15) is 5.54 Å². The molecule has 1 rings (SSSR count). The molecule has 1 N–H and O–H groups in total. The monoisotopic (exact) mass is 289 g/mol. The molecule has 0 unspecified atom stereocenters. The summed E-state index contributed by atoms with van der Waals surface area (Å²) in [5, 5.41) is 8.99. The molecule has 16 heavy (non-hydrogen) atoms. The molecule has 0 aliphatic rings. The van der Waals surface area contributed by atoms with Crippen molar-refractivity contribution in [2.45, 2.75) is 19.4 Å². The number of likely N-dealkylation sites (N-methyl/N-ethyl adjacent to an activating group) is 1. The van der Waals surface area contributed by atoms with Crippen LogP contribution in [-0.4, -0.2) is 34.5 Å². The number of carboxylic acid groups (broad SMARTS) is 1. The summed E-state index contributed by atoms with van der Waals surface area (Å²) in [7, 11) is 1.42. The highest BCUT2D eigenvalue weighted by Gasteiger charge is 2.37. The number of rotatable bonds is 3. The number of nitrogens with zero attached hydrogens (tertiary/aromatic N) is 1. The maximum Gasteiger partial charge on any atom is 0.329 e. The van der Waals surface area contributed by atoms with Crippen LogP contribution in [0.4, 0.5) is 0 Å². The standard InChI is InChI=1S/C10H12BrNO4/c1-10(2,9(14)15)12(3)8(13)7-6(11)4-5-16-7/h4-5H,1-3H3,(H,14,15). The summed E-state index contributed by atoms with van der Waals surface area (Å²) in [6.07, 6.45) is 1.36. The molecule has 0 spiro atoms. The highest BCUT2D eigenvalue weighted by molar-refractivity contribution is 9.10. The van der Waals surface area contributed by atoms with E-state index in [1.165, 1.54) is 27.2 Å². The number of carbonyl (C=O) groups is 2. The van der Waals surface area contributed by atoms with Crippen LogP contribution in [-0.2, 0) is 4.79 Å². The molecule has 1 heterocycles. The molecule has 5 nitrogen and oxygen atoms in total. The Hall–Kier alpha value is -1.30. The molecule has 6 heteroatoms. The van der Waals surface area contributed by atoms with Gasteiger partial charge in [0.05, 0.1) is 10.7 Å². The summed E-state index contributed by atoms with van der Waals surface area (Å²) < 4.78 is 5.50. The van der Waals surface area contributed by atoms with Gasteiger partial charge < -0.3 is 14.4 Å². The minimum absolute atomic E-state index is 0.0943. The van der Waals surface area contributed by atoms with Crippen molar-refractivity contribution in [1.82, 2.24) is 4.90 Å². The molecule has 1 aromatic heterocycles. The van der Waals surface area contributed by atoms with E-state index in [0.29, 0.717) is 4.47 Å². The second-order valence-electron chi connectivity index (χ2n) is 3.83. The zero-order chi connectivity index (χ0) is 12.5. The number of aliphatic carboxylic acids is 1. The van der Waals surface area contributed by atoms with Gasteiger partial charge in [-0.15, -0.1) is 0 Å². The van der Waals surface area contributed by atoms with Crippen molar-refractivity contribution in [2.24, 2.45) is 0 Å². The van der Waals surface area contributed by atoms with Crippen LogP contribution in [0.2, 0.25) is 0 Å². The molecule has 0 aliphatic heterocycles. The van der Waals surface area contributed by atoms with Crippen molar-refractivity contribution in [2.75, 3.05) is 7.05 Å². The summed E-state index contributed by atoms with van der Waals surface area (Å²) in [6, 6.07) is 1.58. The highest BCUT2D eigenvalue weighted by Crippen LogP contribution is 2.22. The van der Waals surface area contributed by atoms with Crippen LogP contribution in [0.25, 0.3) is 0 Å². The van der Waals surface area contributed by atoms with E-state index in [1.807, 2.05) is 0 Å². The lowest BCUT2D eigenvalue weighted by atomic mass is 10.0. The summed E-state index contributed by atoms with van der Waals surface area (Å²) in [5.41, 5.74) is -1.29. The van der Waals surface area contributed by atoms with E-state index >= 15 is 0 Å². The molecule has 0 atom stereocenters. The Labute approximate surface area is 101 Å². The number of halogens is 1. The highest BCUT2D eigenvalue weighted by atomic mass is 79.9. The average Bonchev–Trinajstić information content (AvgIpc) is 2.61. The van der Waals surface area contributed by atoms with Crippen molar-refractivity contribution in [3.05, 3.63) is 22.6 Å². The quantitative estimate of drug-likeness (QED) is 0.924. The Morgan fingerprint density at radius 3 is 2.44 bits per heavy atom. The first kappa shape index (κ1) is 12.8. The van der Waals surface area contributed by atoms with Gasteiger partial charge in [0.25, 0.3) is 5.91 Å². The van der Waals surface area contributed by atoms with Crippen molar-refractivity contribution in [1.29, 1.82) is 0 Å². The molecule has 0 fully saturated rings. The van der Waals surface area contributed by atoms with Crippen LogP contribution in [0.1, 0.15) is 24.4 Å². The van der Waals surface area contributed by atoms with Gasteiger partial charge in [0.2, 0.25) is 5.76 Å². The fraction of sp³-hybridized carbons (Fsp3) is 0.400. The van der Waals surface area contributed by atoms with E-state index in [9.17, 15) is 9.59 Å². The summed E-state index contributed by atoms with van der Waals surface area (Å²) >= 11 is 3.15. The van der Waals surface area contributed by atoms with Gasteiger partial charge in [-0.25, -0.2) is 4.79 Å². The van der Waals surface area contributed by atoms with E-state index in [2.05, 4.69) is 15.9 Å². The lowest BCUT2D eigenvalue weighted by molar-refractivity contribution is -0.147. The largest absolute Gasteiger partial charge is 0.480 e. The molecule has 1 amide bonds. The SMILES string of the molecule is CN(C(=O)c1occc1Br)C(C)(C)C(=O)O. The van der Waals surface area contributed by atoms with E-state index in [4.69, 9.17) is 9.52 Å². The predicted octanol–water partition coefficient (Wildman–Crippen LogP) is 1.98. The van der Waals surface area contributed by atoms with Gasteiger partial charge >= 0.3 is 5.97 Å². The van der Waals surface area contributed by atoms with Crippen molar-refractivity contribution < 1.29 is 19.1 Å². The van der Waals surface area contributed by atoms with E-state index < -0.39 is 17.4 Å². The number of furan rings is 1. The summed E-state index contributed by atoms with van der Waals surface area (Å²) in [4.78, 5) is 24.0. The lowest BCUT2D eigenvalue weighted by Crippen LogP contribution is -2.50. The zero-order valence-electron chi connectivity index (χ0n) is 9.15. The third-order valence-corrected chi connectivity index (χ3v) is 3.10. The number of hydrogen-bond donors (Lipinski definition) is 1. The zero-order valence-corrected chi connectivity index (χ0v) is 10.7. The van der Waals surface area contributed by atoms with E-state index in [-0.39, 0.29) is 5.76 Å². The molecule has 0 saturated carbocycles.